The number of fused-ring (bicyclic) bond motifs is 1. The second-order valence-corrected chi connectivity index (χ2v) is 2.36. The van der Waals surface area contributed by atoms with E-state index in [0.29, 0.717) is 0 Å². The largest absolute Gasteiger partial charge is 0.483 e. The van der Waals surface area contributed by atoms with Crippen LogP contribution >= 0.6 is 11.6 Å². The summed E-state index contributed by atoms with van der Waals surface area (Å²) in [4.78, 5) is 12.3. The van der Waals surface area contributed by atoms with Crippen molar-refractivity contribution >= 4 is 29.2 Å². The average molecular weight is 200 g/mol. The molecule has 13 heavy (non-hydrogen) atoms. The molecule has 0 bridgehead atoms. The lowest BCUT2D eigenvalue weighted by Gasteiger charge is -1.79. The third kappa shape index (κ3) is 2.45. The van der Waals surface area contributed by atoms with Crippen LogP contribution in [0.4, 0.5) is 0 Å². The predicted molar refractivity (Wildman–Crippen MR) is 47.7 cm³/mol. The molecule has 2 rings (SSSR count). The van der Waals surface area contributed by atoms with E-state index < -0.39 is 0 Å². The van der Waals surface area contributed by atoms with E-state index in [1.54, 1.807) is 0 Å². The van der Waals surface area contributed by atoms with E-state index in [2.05, 4.69) is 4.98 Å². The molecule has 0 radical (unpaired) electrons. The number of oxazole rings is 1. The van der Waals surface area contributed by atoms with Crippen molar-refractivity contribution < 1.29 is 14.3 Å². The van der Waals surface area contributed by atoms with Crippen LogP contribution in [-0.4, -0.2) is 16.6 Å². The van der Waals surface area contributed by atoms with Gasteiger partial charge < -0.3 is 9.52 Å². The lowest BCUT2D eigenvalue weighted by molar-refractivity contribution is -0.122. The minimum atomic E-state index is -0.250. The molecule has 5 heteroatoms. The van der Waals surface area contributed by atoms with Crippen molar-refractivity contribution in [1.29, 1.82) is 0 Å². The highest BCUT2D eigenvalue weighted by molar-refractivity contribution is 6.28. The summed E-state index contributed by atoms with van der Waals surface area (Å²) in [5.74, 6) is 0. The summed E-state index contributed by atoms with van der Waals surface area (Å²) >= 11 is 5.51. The second-order valence-electron chi connectivity index (χ2n) is 2.04. The molecule has 0 atom stereocenters. The molecule has 0 saturated heterocycles. The van der Waals surface area contributed by atoms with Crippen LogP contribution in [0.2, 0.25) is 5.35 Å². The van der Waals surface area contributed by atoms with Crippen LogP contribution in [0.25, 0.3) is 11.1 Å². The molecular formula is C8H6ClNO3. The molecule has 0 aliphatic carbocycles. The highest BCUT2D eigenvalue weighted by Gasteiger charge is 1.99. The Hall–Kier alpha value is -1.55. The molecule has 0 aliphatic heterocycles. The van der Waals surface area contributed by atoms with Gasteiger partial charge in [0.1, 0.15) is 5.52 Å². The van der Waals surface area contributed by atoms with Gasteiger partial charge in [0.25, 0.3) is 11.8 Å². The molecule has 1 aromatic carbocycles. The van der Waals surface area contributed by atoms with Gasteiger partial charge in [0.15, 0.2) is 5.58 Å². The Morgan fingerprint density at radius 1 is 1.46 bits per heavy atom. The first kappa shape index (κ1) is 9.54. The van der Waals surface area contributed by atoms with E-state index in [4.69, 9.17) is 25.9 Å². The molecule has 0 fully saturated rings. The lowest BCUT2D eigenvalue weighted by Crippen LogP contribution is -1.62. The number of hydrogen-bond donors (Lipinski definition) is 1. The van der Waals surface area contributed by atoms with Gasteiger partial charge in [-0.15, -0.1) is 0 Å². The number of carbonyl (C=O) groups is 1. The van der Waals surface area contributed by atoms with Crippen LogP contribution in [0.3, 0.4) is 0 Å². The van der Waals surface area contributed by atoms with E-state index in [0.717, 1.165) is 11.1 Å². The zero-order valence-corrected chi connectivity index (χ0v) is 7.23. The summed E-state index contributed by atoms with van der Waals surface area (Å²) < 4.78 is 5.02. The number of rotatable bonds is 0. The molecule has 0 saturated carbocycles. The standard InChI is InChI=1S/C7H4ClNO.CH2O2/c8-7-9-5-3-1-2-4-6(5)10-7;2-1-3/h1-4H;1H,(H,2,3). The zero-order chi connectivity index (χ0) is 9.68. The minimum Gasteiger partial charge on any atom is -0.483 e. The number of hydrogen-bond acceptors (Lipinski definition) is 3. The Kier molecular flexibility index (Phi) is 3.28. The third-order valence-electron chi connectivity index (χ3n) is 1.27. The lowest BCUT2D eigenvalue weighted by atomic mass is 10.3. The van der Waals surface area contributed by atoms with Crippen LogP contribution in [-0.2, 0) is 4.79 Å². The summed E-state index contributed by atoms with van der Waals surface area (Å²) in [5.41, 5.74) is 1.53. The highest BCUT2D eigenvalue weighted by Crippen LogP contribution is 2.17. The molecular weight excluding hydrogens is 194 g/mol. The molecule has 0 aliphatic rings. The average Bonchev–Trinajstić information content (AvgIpc) is 2.45. The molecule has 0 spiro atoms. The summed E-state index contributed by atoms with van der Waals surface area (Å²) in [7, 11) is 0. The minimum absolute atomic E-state index is 0.196. The van der Waals surface area contributed by atoms with Crippen molar-refractivity contribution in [2.45, 2.75) is 0 Å². The first-order chi connectivity index (χ1) is 6.27. The zero-order valence-electron chi connectivity index (χ0n) is 6.48. The van der Waals surface area contributed by atoms with Crippen molar-refractivity contribution in [2.24, 2.45) is 0 Å². The SMILES string of the molecule is Clc1nc2ccccc2o1.O=CO. The smallest absolute Gasteiger partial charge is 0.293 e. The Balaban J connectivity index is 0.000000251. The number of nitrogens with zero attached hydrogens (tertiary/aromatic N) is 1. The molecule has 2 aromatic rings. The summed E-state index contributed by atoms with van der Waals surface area (Å²) in [6.07, 6.45) is 0. The normalized spacial score (nSPS) is 9.00. The monoisotopic (exact) mass is 199 g/mol. The van der Waals surface area contributed by atoms with Gasteiger partial charge in [0.2, 0.25) is 0 Å². The molecule has 1 heterocycles. The Morgan fingerprint density at radius 3 is 2.69 bits per heavy atom. The van der Waals surface area contributed by atoms with Gasteiger partial charge in [-0.2, -0.15) is 4.98 Å². The van der Waals surface area contributed by atoms with Crippen molar-refractivity contribution in [3.8, 4) is 0 Å². The van der Waals surface area contributed by atoms with Crippen molar-refractivity contribution in [3.05, 3.63) is 29.6 Å². The Bertz CT molecular complexity index is 366. The van der Waals surface area contributed by atoms with E-state index in [9.17, 15) is 0 Å². The maximum atomic E-state index is 8.36. The molecule has 0 amide bonds. The topological polar surface area (TPSA) is 63.3 Å². The Morgan fingerprint density at radius 2 is 2.08 bits per heavy atom. The summed E-state index contributed by atoms with van der Waals surface area (Å²) in [6.45, 7) is -0.250. The van der Waals surface area contributed by atoms with Gasteiger partial charge in [0, 0.05) is 0 Å². The van der Waals surface area contributed by atoms with Crippen LogP contribution < -0.4 is 0 Å². The van der Waals surface area contributed by atoms with E-state index in [1.165, 1.54) is 0 Å². The number of halogens is 1. The van der Waals surface area contributed by atoms with Crippen LogP contribution in [0.5, 0.6) is 0 Å². The van der Waals surface area contributed by atoms with Gasteiger partial charge >= 0.3 is 0 Å². The maximum Gasteiger partial charge on any atom is 0.293 e. The van der Waals surface area contributed by atoms with Crippen LogP contribution in [0.1, 0.15) is 0 Å². The summed E-state index contributed by atoms with van der Waals surface area (Å²) in [6, 6.07) is 7.45. The number of para-hydroxylation sites is 2. The first-order valence-electron chi connectivity index (χ1n) is 3.37. The molecule has 0 unspecified atom stereocenters. The Labute approximate surface area is 78.8 Å². The molecule has 1 aromatic heterocycles. The van der Waals surface area contributed by atoms with E-state index in [1.807, 2.05) is 24.3 Å². The van der Waals surface area contributed by atoms with E-state index >= 15 is 0 Å². The fourth-order valence-electron chi connectivity index (χ4n) is 0.844. The summed E-state index contributed by atoms with van der Waals surface area (Å²) in [5, 5.41) is 7.08. The number of carboxylic acid groups (broad SMARTS) is 1. The molecule has 4 nitrogen and oxygen atoms in total. The highest BCUT2D eigenvalue weighted by atomic mass is 35.5. The molecule has 1 N–H and O–H groups in total. The third-order valence-corrected chi connectivity index (χ3v) is 1.43. The molecule has 68 valence electrons. The van der Waals surface area contributed by atoms with E-state index in [-0.39, 0.29) is 11.8 Å². The predicted octanol–water partition coefficient (Wildman–Crippen LogP) is 2.18. The second kappa shape index (κ2) is 4.47. The quantitative estimate of drug-likeness (QED) is 0.661. The van der Waals surface area contributed by atoms with Gasteiger partial charge in [0.05, 0.1) is 0 Å². The van der Waals surface area contributed by atoms with Crippen molar-refractivity contribution in [2.75, 3.05) is 0 Å². The first-order valence-corrected chi connectivity index (χ1v) is 3.74. The van der Waals surface area contributed by atoms with Crippen LogP contribution in [0, 0.1) is 0 Å². The number of aromatic nitrogens is 1. The number of benzene rings is 1. The van der Waals surface area contributed by atoms with Crippen molar-refractivity contribution in [1.82, 2.24) is 4.98 Å². The van der Waals surface area contributed by atoms with Gasteiger partial charge in [-0.3, -0.25) is 4.79 Å². The maximum absolute atomic E-state index is 8.36. The van der Waals surface area contributed by atoms with Gasteiger partial charge in [-0.1, -0.05) is 12.1 Å². The van der Waals surface area contributed by atoms with Gasteiger partial charge in [-0.05, 0) is 23.7 Å². The van der Waals surface area contributed by atoms with Crippen molar-refractivity contribution in [3.63, 3.8) is 0 Å². The fraction of sp³-hybridized carbons (Fsp3) is 0. The van der Waals surface area contributed by atoms with Gasteiger partial charge in [-0.25, -0.2) is 0 Å². The van der Waals surface area contributed by atoms with Crippen LogP contribution in [0.15, 0.2) is 28.7 Å². The fourth-order valence-corrected chi connectivity index (χ4v) is 1.02.